The van der Waals surface area contributed by atoms with Crippen molar-refractivity contribution in [1.82, 2.24) is 4.90 Å². The Balaban J connectivity index is 2.18. The third kappa shape index (κ3) is 3.40. The first-order chi connectivity index (χ1) is 10.1. The Labute approximate surface area is 121 Å². The van der Waals surface area contributed by atoms with Crippen molar-refractivity contribution in [1.29, 1.82) is 0 Å². The molecule has 0 aromatic heterocycles. The first-order valence-electron chi connectivity index (χ1n) is 6.62. The van der Waals surface area contributed by atoms with E-state index in [0.29, 0.717) is 32.7 Å². The second-order valence-corrected chi connectivity index (χ2v) is 4.83. The van der Waals surface area contributed by atoms with Crippen molar-refractivity contribution in [3.63, 3.8) is 0 Å². The van der Waals surface area contributed by atoms with Crippen LogP contribution in [0.25, 0.3) is 0 Å². The molecule has 1 heterocycles. The molecule has 0 radical (unpaired) electrons. The second-order valence-electron chi connectivity index (χ2n) is 4.83. The molecule has 0 amide bonds. The Kier molecular flexibility index (Phi) is 4.92. The van der Waals surface area contributed by atoms with Crippen LogP contribution in [-0.2, 0) is 0 Å². The molecule has 21 heavy (non-hydrogen) atoms. The van der Waals surface area contributed by atoms with Gasteiger partial charge in [0.25, 0.3) is 0 Å². The summed E-state index contributed by atoms with van der Waals surface area (Å²) in [7, 11) is 0. The number of hydrogen-bond donors (Lipinski definition) is 3. The van der Waals surface area contributed by atoms with Gasteiger partial charge in [-0.15, -0.1) is 0 Å². The highest BCUT2D eigenvalue weighted by atomic mass is 19.1. The van der Waals surface area contributed by atoms with Gasteiger partial charge in [0, 0.05) is 38.3 Å². The van der Waals surface area contributed by atoms with Gasteiger partial charge in [-0.1, -0.05) is 5.16 Å². The molecule has 1 fully saturated rings. The van der Waals surface area contributed by atoms with E-state index in [0.717, 1.165) is 12.1 Å². The van der Waals surface area contributed by atoms with Crippen LogP contribution in [0, 0.1) is 11.6 Å². The first-order valence-corrected chi connectivity index (χ1v) is 6.62. The van der Waals surface area contributed by atoms with Gasteiger partial charge in [-0.2, -0.15) is 0 Å². The summed E-state index contributed by atoms with van der Waals surface area (Å²) in [6, 6.07) is 2.10. The molecule has 2 rings (SSSR count). The lowest BCUT2D eigenvalue weighted by molar-refractivity contribution is 0.188. The lowest BCUT2D eigenvalue weighted by Crippen LogP contribution is -2.47. The van der Waals surface area contributed by atoms with Gasteiger partial charge in [0.05, 0.1) is 6.61 Å². The van der Waals surface area contributed by atoms with E-state index >= 15 is 0 Å². The second kappa shape index (κ2) is 6.68. The Hall–Kier alpha value is -1.93. The van der Waals surface area contributed by atoms with E-state index in [1.54, 1.807) is 4.90 Å². The average Bonchev–Trinajstić information content (AvgIpc) is 2.47. The van der Waals surface area contributed by atoms with Crippen LogP contribution in [0.3, 0.4) is 0 Å². The predicted molar refractivity (Wildman–Crippen MR) is 74.6 cm³/mol. The number of piperazine rings is 1. The number of amidine groups is 1. The van der Waals surface area contributed by atoms with E-state index in [9.17, 15) is 8.78 Å². The Morgan fingerprint density at radius 2 is 1.76 bits per heavy atom. The van der Waals surface area contributed by atoms with E-state index in [1.807, 2.05) is 4.90 Å². The van der Waals surface area contributed by atoms with Crippen LogP contribution < -0.4 is 10.6 Å². The van der Waals surface area contributed by atoms with Gasteiger partial charge in [0.1, 0.15) is 17.3 Å². The molecule has 0 atom stereocenters. The predicted octanol–water partition coefficient (Wildman–Crippen LogP) is 0.174. The zero-order valence-electron chi connectivity index (χ0n) is 11.5. The Morgan fingerprint density at radius 1 is 1.19 bits per heavy atom. The van der Waals surface area contributed by atoms with Crippen LogP contribution in [0.4, 0.5) is 14.5 Å². The third-order valence-electron chi connectivity index (χ3n) is 3.53. The number of hydrogen-bond acceptors (Lipinski definition) is 5. The van der Waals surface area contributed by atoms with Gasteiger partial charge in [0.2, 0.25) is 0 Å². The van der Waals surface area contributed by atoms with E-state index in [2.05, 4.69) is 5.16 Å². The van der Waals surface area contributed by atoms with E-state index in [4.69, 9.17) is 16.0 Å². The summed E-state index contributed by atoms with van der Waals surface area (Å²) >= 11 is 0. The highest BCUT2D eigenvalue weighted by Crippen LogP contribution is 2.26. The molecule has 1 saturated heterocycles. The normalized spacial score (nSPS) is 17.3. The molecule has 0 bridgehead atoms. The Bertz CT molecular complexity index is 508. The van der Waals surface area contributed by atoms with Crippen LogP contribution in [0.15, 0.2) is 17.3 Å². The lowest BCUT2D eigenvalue weighted by Gasteiger charge is -2.36. The standard InChI is InChI=1S/C13H18F2N4O2/c14-10-7-9(13(16)17-21)8-11(15)12(10)19-3-1-18(2-4-19)5-6-20/h7-8,20-21H,1-6H2,(H2,16,17). The smallest absolute Gasteiger partial charge is 0.170 e. The molecule has 0 unspecified atom stereocenters. The molecule has 0 aliphatic carbocycles. The summed E-state index contributed by atoms with van der Waals surface area (Å²) in [4.78, 5) is 3.64. The number of nitrogens with zero attached hydrogens (tertiary/aromatic N) is 3. The third-order valence-corrected chi connectivity index (χ3v) is 3.53. The maximum atomic E-state index is 14.1. The summed E-state index contributed by atoms with van der Waals surface area (Å²) in [6.07, 6.45) is 0. The molecule has 0 saturated carbocycles. The van der Waals surface area contributed by atoms with E-state index in [1.165, 1.54) is 0 Å². The number of halogens is 2. The van der Waals surface area contributed by atoms with Gasteiger partial charge in [-0.25, -0.2) is 8.78 Å². The van der Waals surface area contributed by atoms with Crippen molar-refractivity contribution in [3.8, 4) is 0 Å². The fourth-order valence-electron chi connectivity index (χ4n) is 2.41. The van der Waals surface area contributed by atoms with E-state index in [-0.39, 0.29) is 23.7 Å². The zero-order chi connectivity index (χ0) is 15.4. The minimum atomic E-state index is -0.743. The van der Waals surface area contributed by atoms with Crippen LogP contribution >= 0.6 is 0 Å². The number of β-amino-alcohol motifs (C(OH)–C–C–N with tert-alkyl or cyclic N) is 1. The van der Waals surface area contributed by atoms with Crippen molar-refractivity contribution in [2.24, 2.45) is 10.9 Å². The summed E-state index contributed by atoms with van der Waals surface area (Å²) in [5, 5.41) is 20.2. The monoisotopic (exact) mass is 300 g/mol. The minimum absolute atomic E-state index is 0.00448. The Morgan fingerprint density at radius 3 is 2.24 bits per heavy atom. The molecule has 0 spiro atoms. The number of benzene rings is 1. The highest BCUT2D eigenvalue weighted by molar-refractivity contribution is 5.97. The van der Waals surface area contributed by atoms with Crippen LogP contribution in [0.2, 0.25) is 0 Å². The molecule has 1 aliphatic heterocycles. The fraction of sp³-hybridized carbons (Fsp3) is 0.462. The van der Waals surface area contributed by atoms with Crippen molar-refractivity contribution in [3.05, 3.63) is 29.3 Å². The molecule has 1 aromatic carbocycles. The van der Waals surface area contributed by atoms with E-state index < -0.39 is 11.6 Å². The molecule has 6 nitrogen and oxygen atoms in total. The molecular weight excluding hydrogens is 282 g/mol. The zero-order valence-corrected chi connectivity index (χ0v) is 11.5. The molecule has 1 aromatic rings. The van der Waals surface area contributed by atoms with Crippen LogP contribution in [0.5, 0.6) is 0 Å². The van der Waals surface area contributed by atoms with Crippen molar-refractivity contribution in [2.45, 2.75) is 0 Å². The largest absolute Gasteiger partial charge is 0.409 e. The summed E-state index contributed by atoms with van der Waals surface area (Å²) < 4.78 is 28.2. The molecule has 4 N–H and O–H groups in total. The first kappa shape index (κ1) is 15.5. The molecule has 1 aliphatic rings. The van der Waals surface area contributed by atoms with Crippen molar-refractivity contribution in [2.75, 3.05) is 44.2 Å². The van der Waals surface area contributed by atoms with Gasteiger partial charge in [-0.05, 0) is 12.1 Å². The number of rotatable bonds is 4. The number of oxime groups is 1. The molecule has 116 valence electrons. The maximum Gasteiger partial charge on any atom is 0.170 e. The number of aliphatic hydroxyl groups excluding tert-OH is 1. The molecule has 8 heteroatoms. The number of aliphatic hydroxyl groups is 1. The number of anilines is 1. The minimum Gasteiger partial charge on any atom is -0.409 e. The maximum absolute atomic E-state index is 14.1. The van der Waals surface area contributed by atoms with Gasteiger partial charge >= 0.3 is 0 Å². The molecular formula is C13H18F2N4O2. The summed E-state index contributed by atoms with van der Waals surface area (Å²) in [5.41, 5.74) is 5.23. The SMILES string of the molecule is N/C(=N/O)c1cc(F)c(N2CCN(CCO)CC2)c(F)c1. The fourth-order valence-corrected chi connectivity index (χ4v) is 2.41. The topological polar surface area (TPSA) is 85.3 Å². The average molecular weight is 300 g/mol. The van der Waals surface area contributed by atoms with Crippen LogP contribution in [-0.4, -0.2) is 60.4 Å². The van der Waals surface area contributed by atoms with Crippen LogP contribution in [0.1, 0.15) is 5.56 Å². The van der Waals surface area contributed by atoms with Gasteiger partial charge in [-0.3, -0.25) is 4.90 Å². The van der Waals surface area contributed by atoms with Crippen molar-refractivity contribution < 1.29 is 19.1 Å². The van der Waals surface area contributed by atoms with Gasteiger partial charge in [0.15, 0.2) is 5.84 Å². The van der Waals surface area contributed by atoms with Gasteiger partial charge < -0.3 is 20.9 Å². The highest BCUT2D eigenvalue weighted by Gasteiger charge is 2.23. The summed E-state index contributed by atoms with van der Waals surface area (Å²) in [6.45, 7) is 2.81. The summed E-state index contributed by atoms with van der Waals surface area (Å²) in [5.74, 6) is -1.83. The quantitative estimate of drug-likeness (QED) is 0.319. The lowest BCUT2D eigenvalue weighted by atomic mass is 10.1. The number of nitrogens with two attached hydrogens (primary N) is 1. The van der Waals surface area contributed by atoms with Crippen molar-refractivity contribution >= 4 is 11.5 Å².